The van der Waals surface area contributed by atoms with Crippen molar-refractivity contribution in [3.63, 3.8) is 0 Å². The summed E-state index contributed by atoms with van der Waals surface area (Å²) in [6.07, 6.45) is 0.656. The number of carbonyl (C=O) groups excluding carboxylic acids is 2. The van der Waals surface area contributed by atoms with Gasteiger partial charge in [-0.3, -0.25) is 9.59 Å². The molecule has 0 spiro atoms. The van der Waals surface area contributed by atoms with Gasteiger partial charge in [0.15, 0.2) is 6.04 Å². The van der Waals surface area contributed by atoms with E-state index in [-0.39, 0.29) is 17.9 Å². The maximum absolute atomic E-state index is 13.1. The van der Waals surface area contributed by atoms with Gasteiger partial charge in [-0.1, -0.05) is 72.3 Å². The number of benzene rings is 3. The molecule has 3 aromatic rings. The topological polar surface area (TPSA) is 74.8 Å². The predicted octanol–water partition coefficient (Wildman–Crippen LogP) is 2.48. The van der Waals surface area contributed by atoms with Gasteiger partial charge in [-0.2, -0.15) is 0 Å². The van der Waals surface area contributed by atoms with E-state index in [0.717, 1.165) is 17.7 Å². The molecule has 4 rings (SSSR count). The summed E-state index contributed by atoms with van der Waals surface area (Å²) in [6.45, 7) is 2.76. The Morgan fingerprint density at radius 1 is 0.900 bits per heavy atom. The Hall–Kier alpha value is -3.44. The highest BCUT2D eigenvalue weighted by Gasteiger charge is 2.31. The lowest BCUT2D eigenvalue weighted by Gasteiger charge is -2.25. The lowest BCUT2D eigenvalue weighted by molar-refractivity contribution is -0.695. The predicted molar refractivity (Wildman–Crippen MR) is 117 cm³/mol. The molecule has 0 unspecified atom stereocenters. The first-order valence-electron chi connectivity index (χ1n) is 10.2. The molecule has 5 nitrogen and oxygen atoms in total. The molecule has 0 saturated carbocycles. The fourth-order valence-corrected chi connectivity index (χ4v) is 3.79. The van der Waals surface area contributed by atoms with Gasteiger partial charge in [-0.05, 0) is 30.2 Å². The molecule has 1 aliphatic heterocycles. The lowest BCUT2D eigenvalue weighted by atomic mass is 9.95. The molecule has 1 heterocycles. The Bertz CT molecular complexity index is 1030. The van der Waals surface area contributed by atoms with Gasteiger partial charge in [0.1, 0.15) is 12.6 Å². The number of carbonyl (C=O) groups is 2. The summed E-state index contributed by atoms with van der Waals surface area (Å²) in [6, 6.07) is 24.2. The van der Waals surface area contributed by atoms with Crippen molar-refractivity contribution in [2.45, 2.75) is 32.0 Å². The van der Waals surface area contributed by atoms with E-state index < -0.39 is 6.04 Å². The van der Waals surface area contributed by atoms with Crippen LogP contribution in [0.25, 0.3) is 0 Å². The van der Waals surface area contributed by atoms with Crippen LogP contribution in [0.2, 0.25) is 0 Å². The van der Waals surface area contributed by atoms with Crippen molar-refractivity contribution in [2.75, 3.05) is 5.32 Å². The number of hydrogen-bond acceptors (Lipinski definition) is 2. The minimum Gasteiger partial charge on any atom is -0.335 e. The summed E-state index contributed by atoms with van der Waals surface area (Å²) >= 11 is 0. The average Bonchev–Trinajstić information content (AvgIpc) is 2.79. The van der Waals surface area contributed by atoms with E-state index in [4.69, 9.17) is 0 Å². The van der Waals surface area contributed by atoms with Crippen LogP contribution in [0.5, 0.6) is 0 Å². The summed E-state index contributed by atoms with van der Waals surface area (Å²) in [5, 5.41) is 7.95. The average molecular weight is 401 g/mol. The number of quaternary nitrogens is 1. The molecule has 0 aromatic heterocycles. The largest absolute Gasteiger partial charge is 0.335 e. The second-order valence-electron chi connectivity index (χ2n) is 7.73. The van der Waals surface area contributed by atoms with Crippen LogP contribution in [0, 0.1) is 6.92 Å². The van der Waals surface area contributed by atoms with E-state index in [0.29, 0.717) is 12.1 Å². The quantitative estimate of drug-likeness (QED) is 0.616. The van der Waals surface area contributed by atoms with Gasteiger partial charge in [-0.15, -0.1) is 0 Å². The van der Waals surface area contributed by atoms with Crippen molar-refractivity contribution in [2.24, 2.45) is 0 Å². The zero-order chi connectivity index (χ0) is 20.9. The maximum atomic E-state index is 13.1. The van der Waals surface area contributed by atoms with Crippen molar-refractivity contribution in [1.82, 2.24) is 5.32 Å². The first-order valence-corrected chi connectivity index (χ1v) is 10.2. The molecular formula is C25H26N3O2+. The molecular weight excluding hydrogens is 374 g/mol. The minimum absolute atomic E-state index is 0.127. The third-order valence-electron chi connectivity index (χ3n) is 5.52. The Morgan fingerprint density at radius 2 is 1.57 bits per heavy atom. The van der Waals surface area contributed by atoms with E-state index in [2.05, 4.69) is 22.8 Å². The van der Waals surface area contributed by atoms with Gasteiger partial charge < -0.3 is 16.0 Å². The Kier molecular flexibility index (Phi) is 5.91. The molecule has 2 atom stereocenters. The number of fused-ring (bicyclic) bond motifs is 1. The molecule has 0 radical (unpaired) electrons. The number of nitrogens with two attached hydrogens (primary N) is 1. The van der Waals surface area contributed by atoms with Crippen LogP contribution < -0.4 is 16.0 Å². The Morgan fingerprint density at radius 3 is 2.30 bits per heavy atom. The molecule has 5 heteroatoms. The molecule has 0 fully saturated rings. The van der Waals surface area contributed by atoms with Gasteiger partial charge >= 0.3 is 0 Å². The number of anilines is 1. The van der Waals surface area contributed by atoms with Gasteiger partial charge in [0.25, 0.3) is 11.8 Å². The molecule has 3 aromatic carbocycles. The lowest BCUT2D eigenvalue weighted by Crippen LogP contribution is -2.93. The highest BCUT2D eigenvalue weighted by molar-refractivity contribution is 5.98. The van der Waals surface area contributed by atoms with Crippen LogP contribution in [0.4, 0.5) is 5.69 Å². The normalized spacial score (nSPS) is 16.2. The van der Waals surface area contributed by atoms with Crippen molar-refractivity contribution in [3.05, 3.63) is 101 Å². The highest BCUT2D eigenvalue weighted by Crippen LogP contribution is 2.18. The van der Waals surface area contributed by atoms with Crippen LogP contribution in [-0.2, 0) is 22.6 Å². The van der Waals surface area contributed by atoms with E-state index in [1.54, 1.807) is 0 Å². The van der Waals surface area contributed by atoms with Gasteiger partial charge in [0.05, 0.1) is 0 Å². The summed E-state index contributed by atoms with van der Waals surface area (Å²) in [5.41, 5.74) is 5.04. The van der Waals surface area contributed by atoms with E-state index >= 15 is 0 Å². The SMILES string of the molecule is Cc1ccc(NC(=O)[C@H](NC(=O)[C@@H]2Cc3ccccc3C[NH2+]2)c2ccccc2)cc1. The number of aryl methyl sites for hydroxylation is 1. The third kappa shape index (κ3) is 4.58. The second-order valence-corrected chi connectivity index (χ2v) is 7.73. The van der Waals surface area contributed by atoms with Crippen LogP contribution in [0.15, 0.2) is 78.9 Å². The number of rotatable bonds is 5. The summed E-state index contributed by atoms with van der Waals surface area (Å²) in [5.74, 6) is -0.382. The van der Waals surface area contributed by atoms with Crippen molar-refractivity contribution < 1.29 is 14.9 Å². The van der Waals surface area contributed by atoms with Crippen LogP contribution in [0.1, 0.15) is 28.3 Å². The molecule has 30 heavy (non-hydrogen) atoms. The zero-order valence-electron chi connectivity index (χ0n) is 17.0. The highest BCUT2D eigenvalue weighted by atomic mass is 16.2. The first-order chi connectivity index (χ1) is 14.6. The smallest absolute Gasteiger partial charge is 0.279 e. The van der Waals surface area contributed by atoms with E-state index in [1.165, 1.54) is 11.1 Å². The minimum atomic E-state index is -0.759. The Labute approximate surface area is 176 Å². The summed E-state index contributed by atoms with van der Waals surface area (Å²) in [7, 11) is 0. The Balaban J connectivity index is 1.51. The van der Waals surface area contributed by atoms with Gasteiger partial charge in [0.2, 0.25) is 0 Å². The van der Waals surface area contributed by atoms with Crippen molar-refractivity contribution >= 4 is 17.5 Å². The summed E-state index contributed by atoms with van der Waals surface area (Å²) in [4.78, 5) is 26.1. The fourth-order valence-electron chi connectivity index (χ4n) is 3.79. The number of hydrogen-bond donors (Lipinski definition) is 3. The van der Waals surface area contributed by atoms with Gasteiger partial charge in [-0.25, -0.2) is 0 Å². The molecule has 1 aliphatic rings. The van der Waals surface area contributed by atoms with Crippen LogP contribution in [0.3, 0.4) is 0 Å². The molecule has 0 aliphatic carbocycles. The molecule has 152 valence electrons. The molecule has 2 amide bonds. The zero-order valence-corrected chi connectivity index (χ0v) is 17.0. The summed E-state index contributed by atoms with van der Waals surface area (Å²) < 4.78 is 0. The van der Waals surface area contributed by atoms with Crippen molar-refractivity contribution in [3.8, 4) is 0 Å². The molecule has 0 saturated heterocycles. The standard InChI is InChI=1S/C25H25N3O2/c1-17-11-13-21(14-12-17)27-25(30)23(18-7-3-2-4-8-18)28-24(29)22-15-19-9-5-6-10-20(19)16-26-22/h2-14,22-23,26H,15-16H2,1H3,(H,27,30)(H,28,29)/p+1/t22-,23+/m0/s1. The molecule has 0 bridgehead atoms. The van der Waals surface area contributed by atoms with E-state index in [9.17, 15) is 9.59 Å². The molecule has 4 N–H and O–H groups in total. The third-order valence-corrected chi connectivity index (χ3v) is 5.52. The van der Waals surface area contributed by atoms with Crippen LogP contribution >= 0.6 is 0 Å². The maximum Gasteiger partial charge on any atom is 0.279 e. The first kappa shape index (κ1) is 19.9. The van der Waals surface area contributed by atoms with Crippen LogP contribution in [-0.4, -0.2) is 17.9 Å². The monoisotopic (exact) mass is 400 g/mol. The van der Waals surface area contributed by atoms with Gasteiger partial charge in [0, 0.05) is 17.7 Å². The van der Waals surface area contributed by atoms with E-state index in [1.807, 2.05) is 79.0 Å². The second kappa shape index (κ2) is 8.93. The number of amides is 2. The number of nitrogens with one attached hydrogen (secondary N) is 2. The fraction of sp³-hybridized carbons (Fsp3) is 0.200. The van der Waals surface area contributed by atoms with Crippen molar-refractivity contribution in [1.29, 1.82) is 0 Å².